The first-order valence-corrected chi connectivity index (χ1v) is 24.3. The van der Waals surface area contributed by atoms with Gasteiger partial charge in [-0.3, -0.25) is 14.4 Å². The molecule has 0 amide bonds. The maximum absolute atomic E-state index is 12.7. The Hall–Kier alpha value is -3.67. The van der Waals surface area contributed by atoms with Gasteiger partial charge in [0.2, 0.25) is 0 Å². The molecule has 0 saturated carbocycles. The van der Waals surface area contributed by atoms with E-state index in [0.717, 1.165) is 51.4 Å². The lowest BCUT2D eigenvalue weighted by Crippen LogP contribution is -2.30. The maximum Gasteiger partial charge on any atom is 0.306 e. The van der Waals surface area contributed by atoms with Crippen LogP contribution in [0, 0.1) is 0 Å². The third kappa shape index (κ3) is 45.4. The average Bonchev–Trinajstić information content (AvgIpc) is 3.24. The van der Waals surface area contributed by atoms with Crippen LogP contribution in [0.3, 0.4) is 0 Å². The third-order valence-corrected chi connectivity index (χ3v) is 9.95. The van der Waals surface area contributed by atoms with Gasteiger partial charge in [-0.2, -0.15) is 0 Å². The first kappa shape index (κ1) is 56.3. The minimum absolute atomic E-state index is 0.121. The van der Waals surface area contributed by atoms with Crippen molar-refractivity contribution in [2.24, 2.45) is 0 Å². The van der Waals surface area contributed by atoms with Gasteiger partial charge in [-0.05, 0) is 64.2 Å². The molecule has 1 unspecified atom stereocenters. The molecule has 0 heterocycles. The Balaban J connectivity index is 4.56. The Bertz CT molecular complexity index is 1230. The van der Waals surface area contributed by atoms with Crippen molar-refractivity contribution in [1.29, 1.82) is 0 Å². The second kappa shape index (κ2) is 48.0. The van der Waals surface area contributed by atoms with Gasteiger partial charge >= 0.3 is 17.9 Å². The van der Waals surface area contributed by atoms with Crippen LogP contribution in [0.1, 0.15) is 207 Å². The van der Waals surface area contributed by atoms with Gasteiger partial charge in [0.05, 0.1) is 0 Å². The lowest BCUT2D eigenvalue weighted by Gasteiger charge is -2.18. The van der Waals surface area contributed by atoms with Crippen LogP contribution in [0.5, 0.6) is 0 Å². The van der Waals surface area contributed by atoms with E-state index in [1.807, 2.05) is 54.7 Å². The number of carbonyl (C=O) groups is 3. The van der Waals surface area contributed by atoms with Gasteiger partial charge in [0.1, 0.15) is 13.2 Å². The van der Waals surface area contributed by atoms with Crippen molar-refractivity contribution < 1.29 is 28.6 Å². The summed E-state index contributed by atoms with van der Waals surface area (Å²) < 4.78 is 16.6. The van der Waals surface area contributed by atoms with Crippen LogP contribution in [0.15, 0.2) is 97.2 Å². The summed E-state index contributed by atoms with van der Waals surface area (Å²) in [6.45, 7) is 6.36. The SMILES string of the molecule is CC\C=C/C=C\C=C/C=C\C=C/CCCC(=O)OC(COC(=O)CCC/C=C\C/C=C\C/C=C\CCCCCCCC)COC(=O)CCCCCCCCCCCCCC. The zero-order valence-electron chi connectivity index (χ0n) is 38.7. The standard InChI is InChI=1S/C54H88O6/c1-4-7-10-13-16-19-22-25-26-27-28-30-32-35-38-41-44-47-53(56)59-50-51(49-58-52(55)46-43-40-37-34-31-24-21-18-15-12-9-6-3)60-54(57)48-45-42-39-36-33-29-23-20-17-14-11-8-5-2/h8,11,14,17,20,23,25-26,28-30,33,35-36,38-39,51H,4-7,9-10,12-13,15-16,18-19,21-22,24,27,31-32,34,37,40-50H2,1-3H3/b11-8-,17-14-,23-20-,26-25-,30-28-,33-29-,38-35-,39-36-. The van der Waals surface area contributed by atoms with Gasteiger partial charge in [-0.25, -0.2) is 0 Å². The normalized spacial score (nSPS) is 12.9. The summed E-state index contributed by atoms with van der Waals surface area (Å²) in [6, 6.07) is 0. The Morgan fingerprint density at radius 1 is 0.367 bits per heavy atom. The van der Waals surface area contributed by atoms with Gasteiger partial charge < -0.3 is 14.2 Å². The molecule has 1 atom stereocenters. The molecule has 0 radical (unpaired) electrons. The highest BCUT2D eigenvalue weighted by Gasteiger charge is 2.19. The fourth-order valence-corrected chi connectivity index (χ4v) is 6.31. The summed E-state index contributed by atoms with van der Waals surface area (Å²) in [4.78, 5) is 37.8. The molecule has 0 aliphatic rings. The molecule has 6 nitrogen and oxygen atoms in total. The van der Waals surface area contributed by atoms with Crippen LogP contribution in [-0.2, 0) is 28.6 Å². The average molecular weight is 833 g/mol. The van der Waals surface area contributed by atoms with Crippen LogP contribution >= 0.6 is 0 Å². The lowest BCUT2D eigenvalue weighted by molar-refractivity contribution is -0.167. The van der Waals surface area contributed by atoms with E-state index < -0.39 is 12.1 Å². The molecule has 0 aliphatic heterocycles. The molecule has 0 aromatic rings. The fourth-order valence-electron chi connectivity index (χ4n) is 6.31. The number of ether oxygens (including phenoxy) is 3. The van der Waals surface area contributed by atoms with Gasteiger partial charge in [-0.15, -0.1) is 0 Å². The van der Waals surface area contributed by atoms with Crippen LogP contribution in [0.2, 0.25) is 0 Å². The van der Waals surface area contributed by atoms with E-state index in [9.17, 15) is 14.4 Å². The Labute approximate surface area is 368 Å². The highest BCUT2D eigenvalue weighted by molar-refractivity contribution is 5.71. The van der Waals surface area contributed by atoms with E-state index in [2.05, 4.69) is 63.3 Å². The molecule has 0 aliphatic carbocycles. The largest absolute Gasteiger partial charge is 0.462 e. The third-order valence-electron chi connectivity index (χ3n) is 9.95. The van der Waals surface area contributed by atoms with Crippen molar-refractivity contribution in [2.75, 3.05) is 13.2 Å². The first-order valence-electron chi connectivity index (χ1n) is 24.3. The molecule has 0 rings (SSSR count). The monoisotopic (exact) mass is 833 g/mol. The van der Waals surface area contributed by atoms with Crippen LogP contribution in [-0.4, -0.2) is 37.2 Å². The van der Waals surface area contributed by atoms with E-state index >= 15 is 0 Å². The molecule has 0 fully saturated rings. The molecule has 0 N–H and O–H groups in total. The van der Waals surface area contributed by atoms with Crippen molar-refractivity contribution in [3.8, 4) is 0 Å². The zero-order chi connectivity index (χ0) is 43.7. The van der Waals surface area contributed by atoms with Gasteiger partial charge in [-0.1, -0.05) is 221 Å². The summed E-state index contributed by atoms with van der Waals surface area (Å²) >= 11 is 0. The summed E-state index contributed by atoms with van der Waals surface area (Å²) in [5, 5.41) is 0. The number of unbranched alkanes of at least 4 members (excludes halogenated alkanes) is 19. The minimum atomic E-state index is -0.832. The molecule has 60 heavy (non-hydrogen) atoms. The van der Waals surface area contributed by atoms with Crippen LogP contribution in [0.4, 0.5) is 0 Å². The van der Waals surface area contributed by atoms with Gasteiger partial charge in [0, 0.05) is 19.3 Å². The molecule has 340 valence electrons. The second-order valence-electron chi connectivity index (χ2n) is 15.8. The number of hydrogen-bond donors (Lipinski definition) is 0. The summed E-state index contributed by atoms with van der Waals surface area (Å²) in [6.07, 6.45) is 62.6. The smallest absolute Gasteiger partial charge is 0.306 e. The van der Waals surface area contributed by atoms with Crippen molar-refractivity contribution in [3.05, 3.63) is 97.2 Å². The number of rotatable bonds is 42. The molecule has 0 saturated heterocycles. The molecule has 0 aromatic heterocycles. The molecule has 0 aromatic carbocycles. The molecule has 0 spiro atoms. The van der Waals surface area contributed by atoms with E-state index in [4.69, 9.17) is 14.2 Å². The summed E-state index contributed by atoms with van der Waals surface area (Å²) in [5.41, 5.74) is 0. The van der Waals surface area contributed by atoms with E-state index in [0.29, 0.717) is 19.3 Å². The highest BCUT2D eigenvalue weighted by atomic mass is 16.6. The van der Waals surface area contributed by atoms with Crippen molar-refractivity contribution >= 4 is 17.9 Å². The Morgan fingerprint density at radius 3 is 1.23 bits per heavy atom. The summed E-state index contributed by atoms with van der Waals surface area (Å²) in [5.74, 6) is -1.06. The van der Waals surface area contributed by atoms with Gasteiger partial charge in [0.15, 0.2) is 6.10 Å². The number of hydrogen-bond acceptors (Lipinski definition) is 6. The number of esters is 3. The second-order valence-corrected chi connectivity index (χ2v) is 15.8. The lowest BCUT2D eigenvalue weighted by atomic mass is 10.0. The van der Waals surface area contributed by atoms with E-state index in [1.165, 1.54) is 103 Å². The van der Waals surface area contributed by atoms with Gasteiger partial charge in [0.25, 0.3) is 0 Å². The van der Waals surface area contributed by atoms with Crippen molar-refractivity contribution in [3.63, 3.8) is 0 Å². The van der Waals surface area contributed by atoms with E-state index in [-0.39, 0.29) is 38.0 Å². The maximum atomic E-state index is 12.7. The molecular formula is C54H88O6. The minimum Gasteiger partial charge on any atom is -0.462 e. The van der Waals surface area contributed by atoms with Crippen molar-refractivity contribution in [1.82, 2.24) is 0 Å². The topological polar surface area (TPSA) is 78.9 Å². The molecule has 0 bridgehead atoms. The predicted octanol–water partition coefficient (Wildman–Crippen LogP) is 15.8. The first-order chi connectivity index (χ1) is 29.5. The summed E-state index contributed by atoms with van der Waals surface area (Å²) in [7, 11) is 0. The zero-order valence-corrected chi connectivity index (χ0v) is 38.7. The Morgan fingerprint density at radius 2 is 0.733 bits per heavy atom. The predicted molar refractivity (Wildman–Crippen MR) is 256 cm³/mol. The molecular weight excluding hydrogens is 745 g/mol. The Kier molecular flexibility index (Phi) is 45.1. The van der Waals surface area contributed by atoms with Crippen LogP contribution < -0.4 is 0 Å². The number of allylic oxidation sites excluding steroid dienone is 16. The van der Waals surface area contributed by atoms with Crippen molar-refractivity contribution in [2.45, 2.75) is 213 Å². The molecule has 6 heteroatoms. The van der Waals surface area contributed by atoms with E-state index in [1.54, 1.807) is 0 Å². The highest BCUT2D eigenvalue weighted by Crippen LogP contribution is 2.13. The quantitative estimate of drug-likeness (QED) is 0.0200. The number of carbonyl (C=O) groups excluding carboxylic acids is 3. The van der Waals surface area contributed by atoms with Crippen LogP contribution in [0.25, 0.3) is 0 Å². The fraction of sp³-hybridized carbons (Fsp3) is 0.648.